The average Bonchev–Trinajstić information content (AvgIpc) is 2.59. The fourth-order valence-electron chi connectivity index (χ4n) is 2.20. The molecule has 1 heterocycles. The molecular weight excluding hydrogens is 292 g/mol. The number of hydrogen-bond donors (Lipinski definition) is 0. The molecule has 2 aromatic rings. The second-order valence-corrected chi connectivity index (χ2v) is 5.27. The minimum absolute atomic E-state index is 0.378. The first-order valence-electron chi connectivity index (χ1n) is 7.69. The van der Waals surface area contributed by atoms with Gasteiger partial charge in [-0.2, -0.15) is 0 Å². The van der Waals surface area contributed by atoms with Crippen molar-refractivity contribution in [1.82, 2.24) is 0 Å². The highest BCUT2D eigenvalue weighted by molar-refractivity contribution is 5.41. The Morgan fingerprint density at radius 1 is 0.609 bits per heavy atom. The van der Waals surface area contributed by atoms with Crippen LogP contribution in [0.4, 0.5) is 0 Å². The van der Waals surface area contributed by atoms with Gasteiger partial charge in [0, 0.05) is 6.42 Å². The minimum Gasteiger partial charge on any atom is -0.490 e. The second-order valence-electron chi connectivity index (χ2n) is 5.27. The molecule has 0 unspecified atom stereocenters. The van der Waals surface area contributed by atoms with Crippen molar-refractivity contribution < 1.29 is 18.9 Å². The van der Waals surface area contributed by atoms with Gasteiger partial charge >= 0.3 is 0 Å². The van der Waals surface area contributed by atoms with Crippen LogP contribution in [0.2, 0.25) is 0 Å². The highest BCUT2D eigenvalue weighted by Crippen LogP contribution is 2.29. The summed E-state index contributed by atoms with van der Waals surface area (Å²) in [6.07, 6.45) is 0.773. The number of hydrogen-bond acceptors (Lipinski definition) is 4. The van der Waals surface area contributed by atoms with E-state index in [0.29, 0.717) is 37.9 Å². The van der Waals surface area contributed by atoms with Crippen LogP contribution in [-0.4, -0.2) is 26.4 Å². The van der Waals surface area contributed by atoms with E-state index in [1.807, 2.05) is 48.5 Å². The van der Waals surface area contributed by atoms with E-state index in [-0.39, 0.29) is 0 Å². The quantitative estimate of drug-likeness (QED) is 0.692. The summed E-state index contributed by atoms with van der Waals surface area (Å²) < 4.78 is 23.2. The summed E-state index contributed by atoms with van der Waals surface area (Å²) in [6.45, 7) is 5.87. The lowest BCUT2D eigenvalue weighted by atomic mass is 10.3. The maximum atomic E-state index is 5.80. The molecule has 0 bridgehead atoms. The van der Waals surface area contributed by atoms with E-state index in [2.05, 4.69) is 6.58 Å². The summed E-state index contributed by atoms with van der Waals surface area (Å²) in [4.78, 5) is 0. The number of ether oxygens (including phenoxy) is 4. The molecular formula is C19H20O4. The summed E-state index contributed by atoms with van der Waals surface area (Å²) in [5.74, 6) is 2.90. The maximum Gasteiger partial charge on any atom is 0.161 e. The van der Waals surface area contributed by atoms with Crippen LogP contribution in [0.5, 0.6) is 23.0 Å². The van der Waals surface area contributed by atoms with Crippen LogP contribution in [0, 0.1) is 0 Å². The molecule has 0 aliphatic carbocycles. The van der Waals surface area contributed by atoms with Crippen molar-refractivity contribution in [3.05, 3.63) is 60.7 Å². The molecule has 120 valence electrons. The Labute approximate surface area is 136 Å². The lowest BCUT2D eigenvalue weighted by molar-refractivity contribution is 0.221. The molecule has 0 atom stereocenters. The minimum atomic E-state index is 0.378. The van der Waals surface area contributed by atoms with E-state index in [4.69, 9.17) is 18.9 Å². The van der Waals surface area contributed by atoms with Gasteiger partial charge in [0.15, 0.2) is 23.0 Å². The smallest absolute Gasteiger partial charge is 0.161 e. The van der Waals surface area contributed by atoms with Crippen LogP contribution in [0.15, 0.2) is 60.7 Å². The van der Waals surface area contributed by atoms with Gasteiger partial charge in [-0.15, -0.1) is 0 Å². The van der Waals surface area contributed by atoms with E-state index in [1.54, 1.807) is 0 Å². The van der Waals surface area contributed by atoms with E-state index in [0.717, 1.165) is 23.5 Å². The Hall–Kier alpha value is -2.62. The van der Waals surface area contributed by atoms with Crippen LogP contribution in [0.3, 0.4) is 0 Å². The fraction of sp³-hybridized carbons (Fsp3) is 0.263. The Morgan fingerprint density at radius 2 is 1.00 bits per heavy atom. The van der Waals surface area contributed by atoms with Gasteiger partial charge < -0.3 is 18.9 Å². The Kier molecular flexibility index (Phi) is 5.04. The molecule has 2 aromatic carbocycles. The molecule has 0 saturated heterocycles. The van der Waals surface area contributed by atoms with E-state index in [1.165, 1.54) is 0 Å². The zero-order valence-corrected chi connectivity index (χ0v) is 13.0. The van der Waals surface area contributed by atoms with Gasteiger partial charge in [-0.1, -0.05) is 30.8 Å². The molecule has 0 saturated carbocycles. The van der Waals surface area contributed by atoms with Crippen molar-refractivity contribution in [3.8, 4) is 23.0 Å². The molecule has 1 aliphatic heterocycles. The molecule has 0 spiro atoms. The molecule has 4 heteroatoms. The van der Waals surface area contributed by atoms with Crippen LogP contribution >= 0.6 is 0 Å². The van der Waals surface area contributed by atoms with Gasteiger partial charge in [-0.25, -0.2) is 0 Å². The summed E-state index contributed by atoms with van der Waals surface area (Å²) in [5.41, 5.74) is 0.840. The number of benzene rings is 2. The van der Waals surface area contributed by atoms with Crippen molar-refractivity contribution in [3.63, 3.8) is 0 Å². The third-order valence-corrected chi connectivity index (χ3v) is 3.37. The first kappa shape index (κ1) is 15.3. The first-order valence-corrected chi connectivity index (χ1v) is 7.69. The molecule has 0 amide bonds. The molecule has 0 fully saturated rings. The normalized spacial score (nSPS) is 15.6. The summed E-state index contributed by atoms with van der Waals surface area (Å²) in [6, 6.07) is 15.3. The largest absolute Gasteiger partial charge is 0.490 e. The van der Waals surface area contributed by atoms with Gasteiger partial charge in [-0.3, -0.25) is 0 Å². The lowest BCUT2D eigenvalue weighted by Crippen LogP contribution is -2.12. The zero-order chi connectivity index (χ0) is 15.9. The Bertz CT molecular complexity index is 610. The highest BCUT2D eigenvalue weighted by Gasteiger charge is 2.09. The number of rotatable bonds is 0. The van der Waals surface area contributed by atoms with E-state index < -0.39 is 0 Å². The van der Waals surface area contributed by atoms with Gasteiger partial charge in [0.1, 0.15) is 13.2 Å². The molecule has 23 heavy (non-hydrogen) atoms. The third-order valence-electron chi connectivity index (χ3n) is 3.37. The molecule has 0 radical (unpaired) electrons. The summed E-state index contributed by atoms with van der Waals surface area (Å²) in [5, 5.41) is 0. The topological polar surface area (TPSA) is 36.9 Å². The second kappa shape index (κ2) is 7.58. The number of para-hydroxylation sites is 4. The van der Waals surface area contributed by atoms with Crippen molar-refractivity contribution >= 4 is 0 Å². The van der Waals surface area contributed by atoms with Gasteiger partial charge in [0.05, 0.1) is 13.2 Å². The van der Waals surface area contributed by atoms with Crippen LogP contribution < -0.4 is 18.9 Å². The molecule has 3 rings (SSSR count). The summed E-state index contributed by atoms with van der Waals surface area (Å²) in [7, 11) is 0. The molecule has 4 nitrogen and oxygen atoms in total. The SMILES string of the molecule is C=C1COc2ccccc2OCCCOc2ccccc2OC1. The van der Waals surface area contributed by atoms with Gasteiger partial charge in [0.25, 0.3) is 0 Å². The van der Waals surface area contributed by atoms with E-state index in [9.17, 15) is 0 Å². The van der Waals surface area contributed by atoms with Crippen molar-refractivity contribution in [2.45, 2.75) is 6.42 Å². The number of fused-ring (bicyclic) bond motifs is 2. The monoisotopic (exact) mass is 312 g/mol. The van der Waals surface area contributed by atoms with Crippen molar-refractivity contribution in [2.75, 3.05) is 26.4 Å². The maximum absolute atomic E-state index is 5.80. The van der Waals surface area contributed by atoms with Gasteiger partial charge in [-0.05, 0) is 29.8 Å². The van der Waals surface area contributed by atoms with Crippen molar-refractivity contribution in [2.24, 2.45) is 0 Å². The fourth-order valence-corrected chi connectivity index (χ4v) is 2.20. The lowest BCUT2D eigenvalue weighted by Gasteiger charge is -2.17. The van der Waals surface area contributed by atoms with Crippen molar-refractivity contribution in [1.29, 1.82) is 0 Å². The summed E-state index contributed by atoms with van der Waals surface area (Å²) >= 11 is 0. The zero-order valence-electron chi connectivity index (χ0n) is 13.0. The van der Waals surface area contributed by atoms with Crippen LogP contribution in [-0.2, 0) is 0 Å². The molecule has 0 N–H and O–H groups in total. The van der Waals surface area contributed by atoms with Crippen LogP contribution in [0.25, 0.3) is 0 Å². The molecule has 1 aliphatic rings. The average molecular weight is 312 g/mol. The standard InChI is InChI=1S/C19H20O4/c1-15-13-22-18-9-4-2-7-16(18)20-11-6-12-21-17-8-3-5-10-19(17)23-14-15/h2-5,7-10H,1,6,11-14H2. The van der Waals surface area contributed by atoms with E-state index >= 15 is 0 Å². The predicted molar refractivity (Wildman–Crippen MR) is 88.6 cm³/mol. The molecule has 0 aromatic heterocycles. The third kappa shape index (κ3) is 4.19. The van der Waals surface area contributed by atoms with Crippen LogP contribution in [0.1, 0.15) is 6.42 Å². The van der Waals surface area contributed by atoms with Gasteiger partial charge in [0.2, 0.25) is 0 Å². The highest BCUT2D eigenvalue weighted by atomic mass is 16.5. The first-order chi connectivity index (χ1) is 11.3. The Morgan fingerprint density at radius 3 is 1.43 bits per heavy atom. The Balaban J connectivity index is 1.74. The predicted octanol–water partition coefficient (Wildman–Crippen LogP) is 3.86.